The fraction of sp³-hybridized carbons (Fsp3) is 0.321. The second kappa shape index (κ2) is 10.4. The Morgan fingerprint density at radius 3 is 2.24 bits per heavy atom. The number of alkyl halides is 2. The molecule has 6 nitrogen and oxygen atoms in total. The number of nitrogens with zero attached hydrogens (tertiary/aromatic N) is 2. The normalized spacial score (nSPS) is 19.5. The lowest BCUT2D eigenvalue weighted by Crippen LogP contribution is -2.45. The van der Waals surface area contributed by atoms with Crippen molar-refractivity contribution in [2.45, 2.75) is 43.2 Å². The Balaban J connectivity index is 1.17. The summed E-state index contributed by atoms with van der Waals surface area (Å²) in [4.78, 5) is 15.3. The summed E-state index contributed by atoms with van der Waals surface area (Å²) in [6.45, 7) is 2.43. The van der Waals surface area contributed by atoms with E-state index in [1.165, 1.54) is 27.6 Å². The topological polar surface area (TPSA) is 72.9 Å². The molecule has 2 heterocycles. The van der Waals surface area contributed by atoms with Crippen LogP contribution in [0.3, 0.4) is 0 Å². The lowest BCUT2D eigenvalue weighted by Gasteiger charge is -2.28. The van der Waals surface area contributed by atoms with Crippen LogP contribution in [0.15, 0.2) is 77.7 Å². The second-order valence-corrected chi connectivity index (χ2v) is 11.7. The van der Waals surface area contributed by atoms with Crippen molar-refractivity contribution in [3.8, 4) is 0 Å². The van der Waals surface area contributed by atoms with E-state index in [0.29, 0.717) is 11.3 Å². The maximum absolute atomic E-state index is 13.4. The van der Waals surface area contributed by atoms with E-state index in [1.54, 1.807) is 24.3 Å². The standard InChI is InChI=1S/C28H29F2N3O3S/c29-28(30)14-17-33(18-15-28)37(35,36)26-11-9-25(10-12-26)31-27(34)23-7-5-21(6-8-23)19-32-16-13-22-3-1-2-4-24(22)20-32/h1-12H,13-20H2,(H-,31,34,35,36)/p+1. The van der Waals surface area contributed by atoms with Gasteiger partial charge in [0.1, 0.15) is 0 Å². The van der Waals surface area contributed by atoms with E-state index in [4.69, 9.17) is 0 Å². The number of carbonyl (C=O) groups is 1. The van der Waals surface area contributed by atoms with Gasteiger partial charge in [0, 0.05) is 55.9 Å². The summed E-state index contributed by atoms with van der Waals surface area (Å²) in [7, 11) is -3.61. The van der Waals surface area contributed by atoms with Crippen LogP contribution in [0.1, 0.15) is 39.9 Å². The quantitative estimate of drug-likeness (QED) is 0.418. The summed E-state index contributed by atoms with van der Waals surface area (Å²) in [5.74, 6) is -3.08. The summed E-state index contributed by atoms with van der Waals surface area (Å²) in [6.07, 6.45) is 0.154. The third kappa shape index (κ3) is 5.96. The van der Waals surface area contributed by atoms with E-state index in [0.717, 1.165) is 31.6 Å². The van der Waals surface area contributed by atoms with Crippen LogP contribution < -0.4 is 5.32 Å². The van der Waals surface area contributed by atoms with Crippen molar-refractivity contribution in [3.05, 3.63) is 95.1 Å². The minimum atomic E-state index is -3.61. The number of anilines is 1. The molecule has 0 aliphatic carbocycles. The summed E-state index contributed by atoms with van der Waals surface area (Å²) in [6, 6.07) is 22.0. The summed E-state index contributed by atoms with van der Waals surface area (Å²) in [5, 5.41) is 2.80. The third-order valence-electron chi connectivity index (χ3n) is 7.06. The monoisotopic (exact) mass is 526 g/mol. The molecule has 37 heavy (non-hydrogen) atoms. The van der Waals surface area contributed by atoms with Crippen molar-refractivity contribution < 1.29 is 22.3 Å². The molecular formula is C28H30F2N3O3S+. The Labute approximate surface area is 216 Å². The number of hydrogen-bond donors (Lipinski definition) is 2. The van der Waals surface area contributed by atoms with Gasteiger partial charge in [-0.15, -0.1) is 0 Å². The Morgan fingerprint density at radius 2 is 1.57 bits per heavy atom. The van der Waals surface area contributed by atoms with Crippen molar-refractivity contribution in [2.24, 2.45) is 0 Å². The largest absolute Gasteiger partial charge is 0.325 e. The fourth-order valence-corrected chi connectivity index (χ4v) is 6.30. The van der Waals surface area contributed by atoms with E-state index in [2.05, 4.69) is 34.5 Å². The number of benzene rings is 3. The maximum atomic E-state index is 13.4. The molecule has 3 aromatic carbocycles. The number of fused-ring (bicyclic) bond motifs is 1. The summed E-state index contributed by atoms with van der Waals surface area (Å²) >= 11 is 0. The van der Waals surface area contributed by atoms with Crippen molar-refractivity contribution >= 4 is 22.0 Å². The molecular weight excluding hydrogens is 496 g/mol. The molecule has 0 radical (unpaired) electrons. The van der Waals surface area contributed by atoms with Crippen LogP contribution in [0.4, 0.5) is 14.5 Å². The molecule has 2 N–H and O–H groups in total. The lowest BCUT2D eigenvalue weighted by molar-refractivity contribution is -0.0420. The number of nitrogens with one attached hydrogen (secondary N) is 1. The predicted octanol–water partition coefficient (Wildman–Crippen LogP) is 5.47. The van der Waals surface area contributed by atoms with Crippen LogP contribution in [0, 0.1) is 0 Å². The molecule has 1 amide bonds. The first kappa shape index (κ1) is 25.7. The fourth-order valence-electron chi connectivity index (χ4n) is 4.84. The van der Waals surface area contributed by atoms with Gasteiger partial charge in [0.15, 0.2) is 0 Å². The highest BCUT2D eigenvalue weighted by atomic mass is 32.3. The number of amides is 1. The maximum Gasteiger partial charge on any atom is 0.325 e. The van der Waals surface area contributed by atoms with Gasteiger partial charge in [-0.05, 0) is 51.6 Å². The van der Waals surface area contributed by atoms with Crippen LogP contribution in [-0.4, -0.2) is 45.2 Å². The zero-order valence-corrected chi connectivity index (χ0v) is 21.2. The van der Waals surface area contributed by atoms with Crippen molar-refractivity contribution in [3.63, 3.8) is 0 Å². The minimum Gasteiger partial charge on any atom is -0.322 e. The Hall–Kier alpha value is -2.98. The van der Waals surface area contributed by atoms with E-state index in [-0.39, 0.29) is 23.9 Å². The van der Waals surface area contributed by atoms with E-state index < -0.39 is 29.2 Å². The molecule has 1 unspecified atom stereocenters. The van der Waals surface area contributed by atoms with Crippen LogP contribution in [0.25, 0.3) is 0 Å². The molecule has 0 bridgehead atoms. The molecule has 0 saturated carbocycles. The molecule has 1 saturated heterocycles. The average molecular weight is 527 g/mol. The first-order valence-electron chi connectivity index (χ1n) is 12.4. The van der Waals surface area contributed by atoms with Crippen molar-refractivity contribution in [2.75, 3.05) is 25.0 Å². The Morgan fingerprint density at radius 1 is 0.919 bits per heavy atom. The zero-order chi connectivity index (χ0) is 26.0. The number of rotatable bonds is 6. The first-order chi connectivity index (χ1) is 17.7. The van der Waals surface area contributed by atoms with Crippen molar-refractivity contribution in [1.29, 1.82) is 0 Å². The number of halogens is 2. The van der Waals surface area contributed by atoms with Gasteiger partial charge < -0.3 is 5.32 Å². The molecule has 1 fully saturated rings. The molecule has 3 aromatic rings. The van der Waals surface area contributed by atoms with Crippen LogP contribution in [0.5, 0.6) is 0 Å². The van der Waals surface area contributed by atoms with Gasteiger partial charge in [-0.25, -0.2) is 8.78 Å². The SMILES string of the molecule is O=C(Nc1ccc([S+](=O)(O)N2CCC(F)(F)CC2)cc1)c1ccc(CN2CCc3ccccc3C2)cc1. The van der Waals surface area contributed by atoms with Gasteiger partial charge in [0.25, 0.3) is 11.8 Å². The van der Waals surface area contributed by atoms with E-state index in [9.17, 15) is 22.3 Å². The number of piperidine rings is 1. The highest BCUT2D eigenvalue weighted by Gasteiger charge is 2.45. The summed E-state index contributed by atoms with van der Waals surface area (Å²) in [5.41, 5.74) is 4.90. The molecule has 0 spiro atoms. The molecule has 2 aliphatic heterocycles. The van der Waals surface area contributed by atoms with E-state index in [1.807, 2.05) is 12.1 Å². The molecule has 5 rings (SSSR count). The molecule has 2 aliphatic rings. The first-order valence-corrected chi connectivity index (χ1v) is 13.9. The smallest absolute Gasteiger partial charge is 0.322 e. The van der Waals surface area contributed by atoms with E-state index >= 15 is 0 Å². The highest BCUT2D eigenvalue weighted by molar-refractivity contribution is 7.95. The van der Waals surface area contributed by atoms with Gasteiger partial charge in [0.2, 0.25) is 4.90 Å². The van der Waals surface area contributed by atoms with Gasteiger partial charge in [-0.1, -0.05) is 40.7 Å². The molecule has 0 aromatic heterocycles. The lowest BCUT2D eigenvalue weighted by atomic mass is 9.99. The second-order valence-electron chi connectivity index (χ2n) is 9.69. The van der Waals surface area contributed by atoms with Crippen LogP contribution in [0.2, 0.25) is 0 Å². The molecule has 194 valence electrons. The van der Waals surface area contributed by atoms with Gasteiger partial charge in [0.05, 0.1) is 13.1 Å². The number of hydrogen-bond acceptors (Lipinski definition) is 3. The third-order valence-corrected chi connectivity index (χ3v) is 9.01. The Bertz CT molecular complexity index is 1310. The predicted molar refractivity (Wildman–Crippen MR) is 140 cm³/mol. The molecule has 9 heteroatoms. The minimum absolute atomic E-state index is 0.125. The Kier molecular flexibility index (Phi) is 7.22. The van der Waals surface area contributed by atoms with Gasteiger partial charge in [-0.2, -0.15) is 4.55 Å². The van der Waals surface area contributed by atoms with Crippen LogP contribution in [-0.2, 0) is 34.1 Å². The highest BCUT2D eigenvalue weighted by Crippen LogP contribution is 2.33. The summed E-state index contributed by atoms with van der Waals surface area (Å²) < 4.78 is 51.5. The average Bonchev–Trinajstić information content (AvgIpc) is 2.89. The number of carbonyl (C=O) groups excluding carboxylic acids is 1. The zero-order valence-electron chi connectivity index (χ0n) is 20.4. The van der Waals surface area contributed by atoms with Crippen LogP contribution >= 0.6 is 0 Å². The van der Waals surface area contributed by atoms with Gasteiger partial charge >= 0.3 is 10.4 Å². The van der Waals surface area contributed by atoms with Crippen molar-refractivity contribution in [1.82, 2.24) is 9.21 Å². The molecule has 1 atom stereocenters. The van der Waals surface area contributed by atoms with Gasteiger partial charge in [-0.3, -0.25) is 9.69 Å².